The van der Waals surface area contributed by atoms with Gasteiger partial charge in [-0.2, -0.15) is 0 Å². The highest BCUT2D eigenvalue weighted by molar-refractivity contribution is 6.39. The second-order valence-corrected chi connectivity index (χ2v) is 8.08. The summed E-state index contributed by atoms with van der Waals surface area (Å²) in [4.78, 5) is 24.8. The molecule has 2 aliphatic carbocycles. The van der Waals surface area contributed by atoms with Crippen molar-refractivity contribution in [2.45, 2.75) is 52.1 Å². The van der Waals surface area contributed by atoms with Crippen molar-refractivity contribution in [3.05, 3.63) is 30.6 Å². The fraction of sp³-hybridized carbons (Fsp3) is 0.524. The fourth-order valence-electron chi connectivity index (χ4n) is 4.92. The Kier molecular flexibility index (Phi) is 5.15. The molecule has 2 saturated carbocycles. The number of carbonyl (C=O) groups is 2. The van der Waals surface area contributed by atoms with Crippen LogP contribution >= 0.6 is 0 Å². The van der Waals surface area contributed by atoms with Crippen LogP contribution in [0.5, 0.6) is 0 Å². The predicted octanol–water partition coefficient (Wildman–Crippen LogP) is 2.84. The third-order valence-corrected chi connectivity index (χ3v) is 6.33. The number of hydrogen-bond donors (Lipinski definition) is 2. The van der Waals surface area contributed by atoms with E-state index in [9.17, 15) is 9.59 Å². The number of amides is 2. The van der Waals surface area contributed by atoms with Gasteiger partial charge >= 0.3 is 11.8 Å². The molecule has 2 fully saturated rings. The van der Waals surface area contributed by atoms with E-state index in [0.29, 0.717) is 17.5 Å². The van der Waals surface area contributed by atoms with Crippen molar-refractivity contribution < 1.29 is 9.59 Å². The van der Waals surface area contributed by atoms with Crippen LogP contribution in [-0.2, 0) is 16.1 Å². The highest BCUT2D eigenvalue weighted by Crippen LogP contribution is 2.49. The first-order valence-electron chi connectivity index (χ1n) is 10.1. The molecule has 0 spiro atoms. The van der Waals surface area contributed by atoms with Gasteiger partial charge in [0.05, 0.1) is 0 Å². The summed E-state index contributed by atoms with van der Waals surface area (Å²) in [5, 5.41) is 13.7. The summed E-state index contributed by atoms with van der Waals surface area (Å²) in [6, 6.07) is 7.34. The molecule has 1 aromatic carbocycles. The van der Waals surface area contributed by atoms with Gasteiger partial charge in [0, 0.05) is 23.8 Å². The van der Waals surface area contributed by atoms with Crippen LogP contribution in [0.15, 0.2) is 30.6 Å². The Hall–Kier alpha value is -2.70. The zero-order valence-corrected chi connectivity index (χ0v) is 16.4. The van der Waals surface area contributed by atoms with Crippen molar-refractivity contribution in [2.75, 3.05) is 5.32 Å². The number of nitrogens with one attached hydrogen (secondary N) is 2. The number of nitrogens with zero attached hydrogens (tertiary/aromatic N) is 3. The van der Waals surface area contributed by atoms with Crippen molar-refractivity contribution in [3.63, 3.8) is 0 Å². The number of carbonyl (C=O) groups excluding carboxylic acids is 2. The summed E-state index contributed by atoms with van der Waals surface area (Å²) >= 11 is 0. The molecule has 2 aliphatic rings. The van der Waals surface area contributed by atoms with E-state index in [2.05, 4.69) is 20.8 Å². The molecule has 1 heterocycles. The minimum absolute atomic E-state index is 0.0305. The molecule has 4 rings (SSSR count). The number of fused-ring (bicyclic) bond motifs is 2. The monoisotopic (exact) mass is 381 g/mol. The summed E-state index contributed by atoms with van der Waals surface area (Å²) < 4.78 is 1.92. The fourth-order valence-corrected chi connectivity index (χ4v) is 4.92. The summed E-state index contributed by atoms with van der Waals surface area (Å²) in [6.45, 7) is 4.79. The minimum atomic E-state index is -0.635. The molecule has 2 amide bonds. The van der Waals surface area contributed by atoms with Gasteiger partial charge in [-0.15, -0.1) is 10.2 Å². The van der Waals surface area contributed by atoms with Crippen LogP contribution in [0.25, 0.3) is 11.4 Å². The second-order valence-electron chi connectivity index (χ2n) is 8.08. The lowest BCUT2D eigenvalue weighted by Gasteiger charge is -2.28. The molecule has 2 N–H and O–H groups in total. The minimum Gasteiger partial charge on any atom is -0.345 e. The van der Waals surface area contributed by atoms with Gasteiger partial charge in [0.2, 0.25) is 0 Å². The molecule has 1 aromatic heterocycles. The van der Waals surface area contributed by atoms with E-state index in [1.807, 2.05) is 30.5 Å². The van der Waals surface area contributed by atoms with E-state index in [1.54, 1.807) is 18.5 Å². The summed E-state index contributed by atoms with van der Waals surface area (Å²) in [7, 11) is 0. The Labute approximate surface area is 164 Å². The van der Waals surface area contributed by atoms with Crippen molar-refractivity contribution in [1.82, 2.24) is 20.1 Å². The first kappa shape index (κ1) is 18.7. The second kappa shape index (κ2) is 7.73. The third-order valence-electron chi connectivity index (χ3n) is 6.33. The van der Waals surface area contributed by atoms with Gasteiger partial charge in [-0.1, -0.05) is 18.6 Å². The highest BCUT2D eigenvalue weighted by atomic mass is 16.2. The Morgan fingerprint density at radius 2 is 2.11 bits per heavy atom. The molecular formula is C21H27N5O2. The maximum Gasteiger partial charge on any atom is 0.313 e. The Bertz CT molecular complexity index is 877. The zero-order chi connectivity index (χ0) is 19.7. The van der Waals surface area contributed by atoms with E-state index in [0.717, 1.165) is 23.9 Å². The Balaban J connectivity index is 1.38. The zero-order valence-electron chi connectivity index (χ0n) is 16.4. The lowest BCUT2D eigenvalue weighted by molar-refractivity contribution is -0.136. The molecule has 4 atom stereocenters. The Morgan fingerprint density at radius 3 is 2.82 bits per heavy atom. The van der Waals surface area contributed by atoms with E-state index in [1.165, 1.54) is 25.7 Å². The van der Waals surface area contributed by atoms with Crippen molar-refractivity contribution in [3.8, 4) is 11.4 Å². The molecule has 0 aliphatic heterocycles. The van der Waals surface area contributed by atoms with Crippen LogP contribution in [-0.4, -0.2) is 32.6 Å². The first-order valence-corrected chi connectivity index (χ1v) is 10.1. The van der Waals surface area contributed by atoms with Gasteiger partial charge < -0.3 is 15.2 Å². The standard InChI is InChI=1S/C21H27N5O2/c1-3-26-12-22-25-19(26)16-5-4-6-17(11-16)24-21(28)20(27)23-13(2)18-10-14-7-8-15(18)9-14/h4-6,11-15,18H,3,7-10H2,1-2H3,(H,23,27)(H,24,28)/t13-,14+,15+,18-/m1/s1. The van der Waals surface area contributed by atoms with Crippen LogP contribution in [0, 0.1) is 17.8 Å². The van der Waals surface area contributed by atoms with Crippen LogP contribution in [0.4, 0.5) is 5.69 Å². The maximum atomic E-state index is 12.4. The molecule has 148 valence electrons. The SMILES string of the molecule is CCn1cnnc1-c1cccc(NC(=O)C(=O)N[C@H](C)[C@H]2C[C@H]3CC[C@H]2C3)c1. The highest BCUT2D eigenvalue weighted by Gasteiger charge is 2.42. The number of aromatic nitrogens is 3. The van der Waals surface area contributed by atoms with Gasteiger partial charge in [-0.3, -0.25) is 9.59 Å². The molecule has 28 heavy (non-hydrogen) atoms. The smallest absolute Gasteiger partial charge is 0.313 e. The molecule has 7 heteroatoms. The van der Waals surface area contributed by atoms with Crippen LogP contribution < -0.4 is 10.6 Å². The van der Waals surface area contributed by atoms with Gasteiger partial charge in [-0.25, -0.2) is 0 Å². The summed E-state index contributed by atoms with van der Waals surface area (Å²) in [6.07, 6.45) is 6.71. The molecule has 0 unspecified atom stereocenters. The summed E-state index contributed by atoms with van der Waals surface area (Å²) in [5.74, 6) is 1.54. The van der Waals surface area contributed by atoms with Gasteiger partial charge in [-0.05, 0) is 63.0 Å². The topological polar surface area (TPSA) is 88.9 Å². The summed E-state index contributed by atoms with van der Waals surface area (Å²) in [5.41, 5.74) is 1.41. The lowest BCUT2D eigenvalue weighted by Crippen LogP contribution is -2.45. The molecule has 2 bridgehead atoms. The van der Waals surface area contributed by atoms with Crippen molar-refractivity contribution >= 4 is 17.5 Å². The van der Waals surface area contributed by atoms with Gasteiger partial charge in [0.15, 0.2) is 5.82 Å². The Morgan fingerprint density at radius 1 is 1.25 bits per heavy atom. The molecule has 0 saturated heterocycles. The van der Waals surface area contributed by atoms with Crippen molar-refractivity contribution in [1.29, 1.82) is 0 Å². The molecule has 0 radical (unpaired) electrons. The van der Waals surface area contributed by atoms with Gasteiger partial charge in [0.25, 0.3) is 0 Å². The first-order chi connectivity index (χ1) is 13.5. The van der Waals surface area contributed by atoms with E-state index in [-0.39, 0.29) is 6.04 Å². The number of aryl methyl sites for hydroxylation is 1. The normalized spacial score (nSPS) is 24.1. The van der Waals surface area contributed by atoms with E-state index in [4.69, 9.17) is 0 Å². The predicted molar refractivity (Wildman–Crippen MR) is 106 cm³/mol. The number of anilines is 1. The van der Waals surface area contributed by atoms with Crippen LogP contribution in [0.3, 0.4) is 0 Å². The maximum absolute atomic E-state index is 12.4. The molecule has 2 aromatic rings. The quantitative estimate of drug-likeness (QED) is 0.780. The molecule has 7 nitrogen and oxygen atoms in total. The largest absolute Gasteiger partial charge is 0.345 e. The van der Waals surface area contributed by atoms with Gasteiger partial charge in [0.1, 0.15) is 6.33 Å². The van der Waals surface area contributed by atoms with Crippen LogP contribution in [0.1, 0.15) is 39.5 Å². The van der Waals surface area contributed by atoms with E-state index < -0.39 is 11.8 Å². The average Bonchev–Trinajstić information content (AvgIpc) is 3.44. The number of hydrogen-bond acceptors (Lipinski definition) is 4. The van der Waals surface area contributed by atoms with Crippen molar-refractivity contribution in [2.24, 2.45) is 17.8 Å². The average molecular weight is 381 g/mol. The lowest BCUT2D eigenvalue weighted by atomic mass is 9.84. The molecular weight excluding hydrogens is 354 g/mol. The third kappa shape index (κ3) is 3.66. The van der Waals surface area contributed by atoms with Crippen LogP contribution in [0.2, 0.25) is 0 Å². The van der Waals surface area contributed by atoms with E-state index >= 15 is 0 Å². The number of benzene rings is 1. The number of rotatable bonds is 5.